The standard InChI is InChI=1S/C11H9F5N2O/c12-6-3-5(8(17)4-7(6)13)9(19)18-10(1-2-10)11(14,15)16/h3-4H,1-2,17H2,(H,18,19). The molecule has 0 spiro atoms. The van der Waals surface area contributed by atoms with Gasteiger partial charge in [-0.05, 0) is 18.9 Å². The van der Waals surface area contributed by atoms with Gasteiger partial charge in [-0.1, -0.05) is 0 Å². The van der Waals surface area contributed by atoms with Crippen LogP contribution in [0.5, 0.6) is 0 Å². The van der Waals surface area contributed by atoms with Crippen LogP contribution in [0.3, 0.4) is 0 Å². The SMILES string of the molecule is Nc1cc(F)c(F)cc1C(=O)NC1(C(F)(F)F)CC1. The van der Waals surface area contributed by atoms with E-state index in [9.17, 15) is 26.7 Å². The molecule has 8 heteroatoms. The van der Waals surface area contributed by atoms with E-state index in [1.165, 1.54) is 0 Å². The van der Waals surface area contributed by atoms with E-state index in [1.54, 1.807) is 5.32 Å². The molecule has 0 aliphatic heterocycles. The maximum Gasteiger partial charge on any atom is 0.411 e. The molecule has 1 amide bonds. The van der Waals surface area contributed by atoms with Gasteiger partial charge in [0.2, 0.25) is 0 Å². The summed E-state index contributed by atoms with van der Waals surface area (Å²) in [6.45, 7) is 0. The van der Waals surface area contributed by atoms with E-state index in [-0.39, 0.29) is 12.8 Å². The highest BCUT2D eigenvalue weighted by atomic mass is 19.4. The van der Waals surface area contributed by atoms with Crippen LogP contribution in [-0.4, -0.2) is 17.6 Å². The van der Waals surface area contributed by atoms with Gasteiger partial charge in [-0.3, -0.25) is 4.79 Å². The highest BCUT2D eigenvalue weighted by Crippen LogP contribution is 2.49. The van der Waals surface area contributed by atoms with Crippen molar-refractivity contribution in [3.63, 3.8) is 0 Å². The van der Waals surface area contributed by atoms with Gasteiger partial charge in [0.05, 0.1) is 5.56 Å². The zero-order valence-electron chi connectivity index (χ0n) is 9.44. The maximum absolute atomic E-state index is 13.0. The minimum Gasteiger partial charge on any atom is -0.398 e. The highest BCUT2D eigenvalue weighted by Gasteiger charge is 2.64. The lowest BCUT2D eigenvalue weighted by atomic mass is 10.1. The summed E-state index contributed by atoms with van der Waals surface area (Å²) in [6.07, 6.45) is -5.08. The quantitative estimate of drug-likeness (QED) is 0.645. The summed E-state index contributed by atoms with van der Waals surface area (Å²) in [5.74, 6) is -3.80. The molecule has 1 fully saturated rings. The lowest BCUT2D eigenvalue weighted by Gasteiger charge is -2.21. The smallest absolute Gasteiger partial charge is 0.398 e. The Morgan fingerprint density at radius 3 is 2.21 bits per heavy atom. The predicted molar refractivity (Wildman–Crippen MR) is 56.3 cm³/mol. The van der Waals surface area contributed by atoms with Crippen molar-refractivity contribution in [3.8, 4) is 0 Å². The van der Waals surface area contributed by atoms with Gasteiger partial charge in [0.1, 0.15) is 5.54 Å². The monoisotopic (exact) mass is 280 g/mol. The van der Waals surface area contributed by atoms with Crippen LogP contribution < -0.4 is 11.1 Å². The number of rotatable bonds is 2. The van der Waals surface area contributed by atoms with Crippen molar-refractivity contribution in [2.75, 3.05) is 5.73 Å². The topological polar surface area (TPSA) is 55.1 Å². The molecule has 2 rings (SSSR count). The maximum atomic E-state index is 13.0. The molecule has 1 saturated carbocycles. The molecule has 0 bridgehead atoms. The van der Waals surface area contributed by atoms with Gasteiger partial charge in [0.15, 0.2) is 11.6 Å². The largest absolute Gasteiger partial charge is 0.411 e. The van der Waals surface area contributed by atoms with Gasteiger partial charge >= 0.3 is 6.18 Å². The summed E-state index contributed by atoms with van der Waals surface area (Å²) < 4.78 is 63.7. The number of hydrogen-bond acceptors (Lipinski definition) is 2. The number of nitrogen functional groups attached to an aromatic ring is 1. The van der Waals surface area contributed by atoms with Crippen molar-refractivity contribution in [1.82, 2.24) is 5.32 Å². The van der Waals surface area contributed by atoms with Crippen molar-refractivity contribution in [2.45, 2.75) is 24.6 Å². The van der Waals surface area contributed by atoms with Gasteiger partial charge in [-0.2, -0.15) is 13.2 Å². The second-order valence-electron chi connectivity index (χ2n) is 4.39. The van der Waals surface area contributed by atoms with Crippen LogP contribution in [-0.2, 0) is 0 Å². The van der Waals surface area contributed by atoms with E-state index >= 15 is 0 Å². The van der Waals surface area contributed by atoms with Crippen LogP contribution in [0.15, 0.2) is 12.1 Å². The van der Waals surface area contributed by atoms with E-state index in [1.807, 2.05) is 0 Å². The van der Waals surface area contributed by atoms with Gasteiger partial charge in [0, 0.05) is 11.8 Å². The Bertz CT molecular complexity index is 537. The summed E-state index contributed by atoms with van der Waals surface area (Å²) in [5, 5.41) is 1.78. The minimum atomic E-state index is -4.59. The van der Waals surface area contributed by atoms with Crippen molar-refractivity contribution < 1.29 is 26.7 Å². The molecule has 0 unspecified atom stereocenters. The average molecular weight is 280 g/mol. The van der Waals surface area contributed by atoms with Gasteiger partial charge < -0.3 is 11.1 Å². The fourth-order valence-corrected chi connectivity index (χ4v) is 1.65. The summed E-state index contributed by atoms with van der Waals surface area (Å²) in [7, 11) is 0. The molecule has 3 nitrogen and oxygen atoms in total. The molecule has 1 aromatic carbocycles. The number of nitrogens with one attached hydrogen (secondary N) is 1. The number of alkyl halides is 3. The van der Waals surface area contributed by atoms with Gasteiger partial charge in [-0.25, -0.2) is 8.78 Å². The third-order valence-electron chi connectivity index (χ3n) is 2.98. The normalized spacial score (nSPS) is 17.1. The van der Waals surface area contributed by atoms with E-state index in [0.717, 1.165) is 0 Å². The number of halogens is 5. The zero-order chi connectivity index (χ0) is 14.4. The molecule has 0 atom stereocenters. The lowest BCUT2D eigenvalue weighted by molar-refractivity contribution is -0.163. The first-order valence-electron chi connectivity index (χ1n) is 5.30. The molecular weight excluding hydrogens is 271 g/mol. The molecule has 1 aromatic rings. The molecule has 0 saturated heterocycles. The van der Waals surface area contributed by atoms with Gasteiger partial charge in [-0.15, -0.1) is 0 Å². The lowest BCUT2D eigenvalue weighted by Crippen LogP contribution is -2.48. The first kappa shape index (κ1) is 13.6. The van der Waals surface area contributed by atoms with E-state index in [0.29, 0.717) is 12.1 Å². The summed E-state index contributed by atoms with van der Waals surface area (Å²) in [6, 6.07) is 1.03. The van der Waals surface area contributed by atoms with Crippen molar-refractivity contribution in [1.29, 1.82) is 0 Å². The van der Waals surface area contributed by atoms with E-state index in [4.69, 9.17) is 5.73 Å². The molecule has 0 radical (unpaired) electrons. The second-order valence-corrected chi connectivity index (χ2v) is 4.39. The van der Waals surface area contributed by atoms with Crippen LogP contribution >= 0.6 is 0 Å². The average Bonchev–Trinajstić information content (AvgIpc) is 3.03. The van der Waals surface area contributed by atoms with Crippen molar-refractivity contribution in [2.24, 2.45) is 0 Å². The fraction of sp³-hybridized carbons (Fsp3) is 0.364. The highest BCUT2D eigenvalue weighted by molar-refractivity contribution is 5.99. The molecule has 0 heterocycles. The zero-order valence-corrected chi connectivity index (χ0v) is 9.44. The van der Waals surface area contributed by atoms with Crippen LogP contribution in [0, 0.1) is 11.6 Å². The number of carbonyl (C=O) groups excluding carboxylic acids is 1. The Balaban J connectivity index is 2.25. The number of carbonyl (C=O) groups is 1. The van der Waals surface area contributed by atoms with Crippen LogP contribution in [0.1, 0.15) is 23.2 Å². The Hall–Kier alpha value is -1.86. The number of nitrogens with two attached hydrogens (primary N) is 1. The Morgan fingerprint density at radius 2 is 1.74 bits per heavy atom. The number of benzene rings is 1. The second kappa shape index (κ2) is 4.07. The fourth-order valence-electron chi connectivity index (χ4n) is 1.65. The third-order valence-corrected chi connectivity index (χ3v) is 2.98. The minimum absolute atomic E-state index is 0.244. The van der Waals surface area contributed by atoms with Crippen molar-refractivity contribution in [3.05, 3.63) is 29.3 Å². The molecule has 0 aromatic heterocycles. The molecule has 104 valence electrons. The summed E-state index contributed by atoms with van der Waals surface area (Å²) >= 11 is 0. The van der Waals surface area contributed by atoms with E-state index < -0.39 is 40.5 Å². The Morgan fingerprint density at radius 1 is 1.21 bits per heavy atom. The molecule has 1 aliphatic carbocycles. The Labute approximate surface area is 104 Å². The van der Waals surface area contributed by atoms with Crippen LogP contribution in [0.25, 0.3) is 0 Å². The number of amides is 1. The molecule has 19 heavy (non-hydrogen) atoms. The van der Waals surface area contributed by atoms with Crippen molar-refractivity contribution >= 4 is 11.6 Å². The predicted octanol–water partition coefficient (Wildman–Crippen LogP) is 2.37. The first-order chi connectivity index (χ1) is 8.66. The summed E-state index contributed by atoms with van der Waals surface area (Å²) in [5.41, 5.74) is 2.07. The molecule has 1 aliphatic rings. The van der Waals surface area contributed by atoms with E-state index in [2.05, 4.69) is 0 Å². The first-order valence-corrected chi connectivity index (χ1v) is 5.30. The van der Waals surface area contributed by atoms with Crippen LogP contribution in [0.4, 0.5) is 27.6 Å². The summed E-state index contributed by atoms with van der Waals surface area (Å²) in [4.78, 5) is 11.7. The van der Waals surface area contributed by atoms with Crippen LogP contribution in [0.2, 0.25) is 0 Å². The number of anilines is 1. The molecular formula is C11H9F5N2O. The van der Waals surface area contributed by atoms with Gasteiger partial charge in [0.25, 0.3) is 5.91 Å². The number of hydrogen-bond donors (Lipinski definition) is 2. The molecule has 3 N–H and O–H groups in total. The Kier molecular flexibility index (Phi) is 2.91. The third kappa shape index (κ3) is 2.34.